The molecular formula is C14H22N6O6S2. The molecule has 0 bridgehead atoms. The van der Waals surface area contributed by atoms with E-state index in [0.29, 0.717) is 22.0 Å². The summed E-state index contributed by atoms with van der Waals surface area (Å²) in [6.45, 7) is 3.56. The summed E-state index contributed by atoms with van der Waals surface area (Å²) < 4.78 is 33.3. The molecule has 3 rings (SSSR count). The number of aliphatic hydroxyl groups excluding tert-OH is 2. The van der Waals surface area contributed by atoms with Gasteiger partial charge in [-0.25, -0.2) is 19.8 Å². The molecule has 1 aliphatic rings. The van der Waals surface area contributed by atoms with E-state index in [2.05, 4.69) is 33.1 Å². The maximum Gasteiger partial charge on any atom is 0.333 e. The minimum atomic E-state index is -4.22. The fraction of sp³-hybridized carbons (Fsp3) is 0.643. The highest BCUT2D eigenvalue weighted by atomic mass is 32.2. The number of hydrogen-bond acceptors (Lipinski definition) is 11. The van der Waals surface area contributed by atoms with Gasteiger partial charge in [-0.1, -0.05) is 13.8 Å². The normalized spacial score (nSPS) is 25.8. The van der Waals surface area contributed by atoms with E-state index in [9.17, 15) is 18.6 Å². The molecule has 28 heavy (non-hydrogen) atoms. The molecule has 0 aromatic carbocycles. The van der Waals surface area contributed by atoms with E-state index in [-0.39, 0.29) is 5.82 Å². The Bertz CT molecular complexity index is 951. The quantitative estimate of drug-likeness (QED) is 0.391. The molecule has 0 amide bonds. The lowest BCUT2D eigenvalue weighted by Gasteiger charge is -2.15. The number of aliphatic hydroxyl groups is 2. The molecule has 0 radical (unpaired) electrons. The Morgan fingerprint density at radius 1 is 1.36 bits per heavy atom. The molecule has 4 atom stereocenters. The van der Waals surface area contributed by atoms with Crippen LogP contribution in [0.1, 0.15) is 20.1 Å². The number of ether oxygens (including phenoxy) is 1. The van der Waals surface area contributed by atoms with Crippen LogP contribution in [0.15, 0.2) is 11.4 Å². The first-order chi connectivity index (χ1) is 13.1. The topological polar surface area (TPSA) is 189 Å². The zero-order valence-corrected chi connectivity index (χ0v) is 16.8. The maximum absolute atomic E-state index is 11.0. The highest BCUT2D eigenvalue weighted by Crippen LogP contribution is 2.36. The lowest BCUT2D eigenvalue weighted by Crippen LogP contribution is -2.35. The molecule has 0 aliphatic carbocycles. The maximum atomic E-state index is 11.0. The second kappa shape index (κ2) is 8.06. The molecule has 0 unspecified atom stereocenters. The van der Waals surface area contributed by atoms with Crippen molar-refractivity contribution in [2.24, 2.45) is 11.1 Å². The molecule has 0 saturated carbocycles. The average molecular weight is 435 g/mol. The zero-order chi connectivity index (χ0) is 20.6. The first-order valence-electron chi connectivity index (χ1n) is 8.38. The Hall–Kier alpha value is -1.55. The Balaban J connectivity index is 1.93. The predicted molar refractivity (Wildman–Crippen MR) is 100 cm³/mol. The Labute approximate surface area is 165 Å². The number of nitrogens with zero attached hydrogens (tertiary/aromatic N) is 4. The summed E-state index contributed by atoms with van der Waals surface area (Å²) in [7, 11) is -4.22. The van der Waals surface area contributed by atoms with Gasteiger partial charge < -0.3 is 20.7 Å². The number of nitrogen functional groups attached to an aromatic ring is 1. The van der Waals surface area contributed by atoms with Crippen LogP contribution in [0, 0.1) is 5.92 Å². The Morgan fingerprint density at radius 3 is 2.71 bits per heavy atom. The van der Waals surface area contributed by atoms with E-state index in [0.717, 1.165) is 5.75 Å². The third kappa shape index (κ3) is 4.37. The molecule has 14 heteroatoms. The molecule has 6 N–H and O–H groups in total. The van der Waals surface area contributed by atoms with E-state index in [4.69, 9.17) is 15.6 Å². The number of fused-ring (bicyclic) bond motifs is 1. The van der Waals surface area contributed by atoms with E-state index in [1.807, 2.05) is 0 Å². The van der Waals surface area contributed by atoms with Crippen molar-refractivity contribution in [1.82, 2.24) is 19.7 Å². The monoisotopic (exact) mass is 434 g/mol. The minimum Gasteiger partial charge on any atom is -0.387 e. The summed E-state index contributed by atoms with van der Waals surface area (Å²) in [5.41, 5.74) is 6.31. The van der Waals surface area contributed by atoms with Gasteiger partial charge >= 0.3 is 10.3 Å². The summed E-state index contributed by atoms with van der Waals surface area (Å²) >= 11 is 1.46. The Morgan fingerprint density at radius 2 is 2.07 bits per heavy atom. The molecule has 1 aliphatic heterocycles. The van der Waals surface area contributed by atoms with Crippen molar-refractivity contribution >= 4 is 38.9 Å². The Kier molecular flexibility index (Phi) is 6.09. The number of nitrogens with two attached hydrogens (primary N) is 2. The second-order valence-electron chi connectivity index (χ2n) is 6.74. The van der Waals surface area contributed by atoms with Crippen LogP contribution >= 0.6 is 11.8 Å². The number of rotatable bonds is 7. The molecule has 12 nitrogen and oxygen atoms in total. The highest BCUT2D eigenvalue weighted by Gasteiger charge is 2.45. The van der Waals surface area contributed by atoms with Crippen molar-refractivity contribution in [2.45, 2.75) is 43.4 Å². The zero-order valence-electron chi connectivity index (χ0n) is 15.2. The average Bonchev–Trinajstić information content (AvgIpc) is 3.10. The molecule has 156 valence electrons. The lowest BCUT2D eigenvalue weighted by molar-refractivity contribution is -0.0531. The largest absolute Gasteiger partial charge is 0.387 e. The molecule has 2 aromatic heterocycles. The van der Waals surface area contributed by atoms with Crippen molar-refractivity contribution < 1.29 is 27.6 Å². The van der Waals surface area contributed by atoms with Gasteiger partial charge in [0.15, 0.2) is 11.9 Å². The summed E-state index contributed by atoms with van der Waals surface area (Å²) in [5.74, 6) is 1.39. The van der Waals surface area contributed by atoms with Crippen molar-refractivity contribution in [1.29, 1.82) is 0 Å². The van der Waals surface area contributed by atoms with E-state index < -0.39 is 41.5 Å². The highest BCUT2D eigenvalue weighted by molar-refractivity contribution is 7.99. The van der Waals surface area contributed by atoms with Gasteiger partial charge in [0, 0.05) is 5.75 Å². The van der Waals surface area contributed by atoms with E-state index in [1.54, 1.807) is 0 Å². The van der Waals surface area contributed by atoms with Crippen LogP contribution < -0.4 is 10.9 Å². The number of aromatic nitrogens is 4. The van der Waals surface area contributed by atoms with Gasteiger partial charge in [0.05, 0.1) is 12.0 Å². The van der Waals surface area contributed by atoms with Gasteiger partial charge in [-0.15, -0.1) is 11.8 Å². The molecule has 0 spiro atoms. The van der Waals surface area contributed by atoms with Crippen LogP contribution in [0.5, 0.6) is 0 Å². The summed E-state index contributed by atoms with van der Waals surface area (Å²) in [4.78, 5) is 8.17. The van der Waals surface area contributed by atoms with Crippen molar-refractivity contribution in [2.75, 3.05) is 18.1 Å². The summed E-state index contributed by atoms with van der Waals surface area (Å²) in [6, 6.07) is 0. The SMILES string of the molecule is CC(C)CSc1nn([C@@H]2O[C@H](COS(N)(=O)=O)[C@@H](O)[C@H]2O)c2ncnc(N)c12. The molecule has 3 heterocycles. The fourth-order valence-corrected chi connectivity index (χ4v) is 4.02. The van der Waals surface area contributed by atoms with Crippen LogP contribution in [-0.4, -0.2) is 69.1 Å². The van der Waals surface area contributed by atoms with E-state index in [1.165, 1.54) is 22.8 Å². The molecule has 2 aromatic rings. The summed E-state index contributed by atoms with van der Waals surface area (Å²) in [5, 5.41) is 30.9. The number of anilines is 1. The van der Waals surface area contributed by atoms with Gasteiger partial charge in [-0.05, 0) is 5.92 Å². The van der Waals surface area contributed by atoms with Crippen LogP contribution in [0.2, 0.25) is 0 Å². The van der Waals surface area contributed by atoms with Crippen LogP contribution in [0.25, 0.3) is 11.0 Å². The van der Waals surface area contributed by atoms with Crippen molar-refractivity contribution in [3.63, 3.8) is 0 Å². The van der Waals surface area contributed by atoms with Gasteiger partial charge in [0.25, 0.3) is 0 Å². The minimum absolute atomic E-state index is 0.227. The van der Waals surface area contributed by atoms with Gasteiger partial charge in [0.2, 0.25) is 0 Å². The molecular weight excluding hydrogens is 412 g/mol. The first-order valence-corrected chi connectivity index (χ1v) is 10.8. The van der Waals surface area contributed by atoms with Crippen molar-refractivity contribution in [3.05, 3.63) is 6.33 Å². The number of thioether (sulfide) groups is 1. The third-order valence-corrected chi connectivity index (χ3v) is 5.87. The fourth-order valence-electron chi connectivity index (χ4n) is 2.72. The second-order valence-corrected chi connectivity index (χ2v) is 8.97. The standard InChI is InChI=1S/C14H22N6O6S2/c1-6(2)4-27-13-8-11(15)17-5-18-12(8)20(19-13)14-10(22)9(21)7(26-14)3-25-28(16,23)24/h5-7,9-10,14,21-22H,3-4H2,1-2H3,(H2,15,17,18)(H2,16,23,24)/t7-,9-,10-,14-/m1/s1. The first kappa shape index (κ1) is 21.2. The van der Waals surface area contributed by atoms with Crippen LogP contribution in [-0.2, 0) is 19.2 Å². The smallest absolute Gasteiger partial charge is 0.333 e. The van der Waals surface area contributed by atoms with Gasteiger partial charge in [-0.2, -0.15) is 13.5 Å². The third-order valence-electron chi connectivity index (χ3n) is 4.01. The molecule has 1 fully saturated rings. The molecule has 1 saturated heterocycles. The lowest BCUT2D eigenvalue weighted by atomic mass is 10.1. The number of hydrogen-bond donors (Lipinski definition) is 4. The summed E-state index contributed by atoms with van der Waals surface area (Å²) in [6.07, 6.45) is -3.84. The predicted octanol–water partition coefficient (Wildman–Crippen LogP) is -1.00. The van der Waals surface area contributed by atoms with Gasteiger partial charge in [0.1, 0.15) is 35.5 Å². The van der Waals surface area contributed by atoms with Crippen molar-refractivity contribution in [3.8, 4) is 0 Å². The van der Waals surface area contributed by atoms with Gasteiger partial charge in [-0.3, -0.25) is 4.18 Å². The van der Waals surface area contributed by atoms with Crippen LogP contribution in [0.3, 0.4) is 0 Å². The van der Waals surface area contributed by atoms with Crippen LogP contribution in [0.4, 0.5) is 5.82 Å². The van der Waals surface area contributed by atoms with E-state index >= 15 is 0 Å².